The molecule has 0 bridgehead atoms. The summed E-state index contributed by atoms with van der Waals surface area (Å²) < 4.78 is 40.9. The number of esters is 1. The molecule has 0 aliphatic rings. The summed E-state index contributed by atoms with van der Waals surface area (Å²) in [6.45, 7) is 3.39. The van der Waals surface area contributed by atoms with Crippen molar-refractivity contribution in [2.24, 2.45) is 0 Å². The van der Waals surface area contributed by atoms with Gasteiger partial charge in [0.2, 0.25) is 0 Å². The third-order valence-electron chi connectivity index (χ3n) is 1.83. The third kappa shape index (κ3) is 2.59. The number of alkyl halides is 3. The van der Waals surface area contributed by atoms with Gasteiger partial charge >= 0.3 is 12.1 Å². The van der Waals surface area contributed by atoms with Gasteiger partial charge < -0.3 is 4.74 Å². The number of methoxy groups -OCH3 is 1. The van der Waals surface area contributed by atoms with E-state index in [1.807, 2.05) is 0 Å². The number of aromatic nitrogens is 1. The second-order valence-electron chi connectivity index (χ2n) is 2.90. The van der Waals surface area contributed by atoms with Crippen molar-refractivity contribution in [1.29, 1.82) is 0 Å². The van der Waals surface area contributed by atoms with Crippen LogP contribution in [0.4, 0.5) is 13.2 Å². The smallest absolute Gasteiger partial charge is 0.433 e. The summed E-state index contributed by atoms with van der Waals surface area (Å²) >= 11 is 0. The van der Waals surface area contributed by atoms with Gasteiger partial charge in [-0.3, -0.25) is 4.98 Å². The monoisotopic (exact) mass is 231 g/mol. The topological polar surface area (TPSA) is 39.2 Å². The van der Waals surface area contributed by atoms with E-state index in [4.69, 9.17) is 0 Å². The van der Waals surface area contributed by atoms with Gasteiger partial charge in [0.15, 0.2) is 0 Å². The maximum absolute atomic E-state index is 12.2. The highest BCUT2D eigenvalue weighted by molar-refractivity contribution is 6.15. The minimum absolute atomic E-state index is 0.0382. The number of halogens is 3. The van der Waals surface area contributed by atoms with E-state index in [9.17, 15) is 18.0 Å². The first-order valence-corrected chi connectivity index (χ1v) is 4.17. The summed E-state index contributed by atoms with van der Waals surface area (Å²) in [5.41, 5.74) is -0.863. The van der Waals surface area contributed by atoms with Crippen LogP contribution in [-0.4, -0.2) is 18.1 Å². The number of carbonyl (C=O) groups is 1. The molecule has 86 valence electrons. The fourth-order valence-corrected chi connectivity index (χ4v) is 0.981. The van der Waals surface area contributed by atoms with E-state index in [1.54, 1.807) is 0 Å². The molecule has 3 nitrogen and oxygen atoms in total. The van der Waals surface area contributed by atoms with E-state index in [0.29, 0.717) is 0 Å². The average molecular weight is 231 g/mol. The van der Waals surface area contributed by atoms with Crippen molar-refractivity contribution >= 4 is 11.5 Å². The molecule has 0 atom stereocenters. The van der Waals surface area contributed by atoms with Gasteiger partial charge in [0, 0.05) is 11.8 Å². The Bertz CT molecular complexity index is 409. The van der Waals surface area contributed by atoms with Gasteiger partial charge in [-0.05, 0) is 6.07 Å². The van der Waals surface area contributed by atoms with E-state index < -0.39 is 17.8 Å². The Labute approximate surface area is 89.6 Å². The van der Waals surface area contributed by atoms with Crippen LogP contribution in [0.25, 0.3) is 5.57 Å². The van der Waals surface area contributed by atoms with Crippen LogP contribution in [-0.2, 0) is 15.7 Å². The maximum Gasteiger partial charge on any atom is 0.433 e. The van der Waals surface area contributed by atoms with Crippen LogP contribution in [0.5, 0.6) is 0 Å². The summed E-state index contributed by atoms with van der Waals surface area (Å²) in [5, 5.41) is 0. The Morgan fingerprint density at radius 1 is 1.44 bits per heavy atom. The van der Waals surface area contributed by atoms with Gasteiger partial charge in [-0.1, -0.05) is 12.6 Å². The summed E-state index contributed by atoms with van der Waals surface area (Å²) in [6.07, 6.45) is -3.56. The Morgan fingerprint density at radius 3 is 2.44 bits per heavy atom. The van der Waals surface area contributed by atoms with Crippen LogP contribution in [0.15, 0.2) is 24.9 Å². The summed E-state index contributed by atoms with van der Waals surface area (Å²) in [7, 11) is 1.16. The third-order valence-corrected chi connectivity index (χ3v) is 1.83. The molecule has 6 heteroatoms. The largest absolute Gasteiger partial charge is 0.465 e. The van der Waals surface area contributed by atoms with Crippen LogP contribution in [0.3, 0.4) is 0 Å². The zero-order valence-corrected chi connectivity index (χ0v) is 8.34. The molecule has 0 N–H and O–H groups in total. The molecule has 0 aliphatic heterocycles. The highest BCUT2D eigenvalue weighted by atomic mass is 19.4. The quantitative estimate of drug-likeness (QED) is 0.579. The number of hydrogen-bond acceptors (Lipinski definition) is 3. The zero-order chi connectivity index (χ0) is 12.3. The number of ether oxygens (including phenoxy) is 1. The lowest BCUT2D eigenvalue weighted by atomic mass is 10.1. The Balaban J connectivity index is 2.96. The molecule has 1 rings (SSSR count). The van der Waals surface area contributed by atoms with Gasteiger partial charge in [-0.15, -0.1) is 0 Å². The lowest BCUT2D eigenvalue weighted by Crippen LogP contribution is -2.09. The van der Waals surface area contributed by atoms with Crippen LogP contribution >= 0.6 is 0 Å². The Morgan fingerprint density at radius 2 is 2.06 bits per heavy atom. The standard InChI is InChI=1S/C10H8F3NO2/c1-6(9(15)16-2)7-3-4-8(14-5-7)10(11,12)13/h3-5H,1H2,2H3. The molecule has 1 heterocycles. The van der Waals surface area contributed by atoms with Crippen LogP contribution in [0, 0.1) is 0 Å². The van der Waals surface area contributed by atoms with Crippen molar-refractivity contribution in [3.8, 4) is 0 Å². The predicted octanol–water partition coefficient (Wildman–Crippen LogP) is 2.29. The SMILES string of the molecule is C=C(C(=O)OC)c1ccc(C(F)(F)F)nc1. The molecule has 0 saturated heterocycles. The van der Waals surface area contributed by atoms with Crippen molar-refractivity contribution in [2.45, 2.75) is 6.18 Å². The molecule has 1 aromatic heterocycles. The van der Waals surface area contributed by atoms with Crippen LogP contribution in [0.1, 0.15) is 11.3 Å². The van der Waals surface area contributed by atoms with Crippen molar-refractivity contribution in [2.75, 3.05) is 7.11 Å². The van der Waals surface area contributed by atoms with Gasteiger partial charge in [0.25, 0.3) is 0 Å². The first-order valence-electron chi connectivity index (χ1n) is 4.17. The Hall–Kier alpha value is -1.85. The Kier molecular flexibility index (Phi) is 3.31. The molecule has 0 amide bonds. The van der Waals surface area contributed by atoms with Crippen molar-refractivity contribution in [3.05, 3.63) is 36.2 Å². The van der Waals surface area contributed by atoms with Gasteiger partial charge in [-0.2, -0.15) is 13.2 Å². The number of rotatable bonds is 2. The minimum atomic E-state index is -4.49. The van der Waals surface area contributed by atoms with Gasteiger partial charge in [0.05, 0.1) is 12.7 Å². The molecular formula is C10H8F3NO2. The molecule has 0 aromatic carbocycles. The van der Waals surface area contributed by atoms with E-state index in [2.05, 4.69) is 16.3 Å². The van der Waals surface area contributed by atoms with Crippen LogP contribution in [0.2, 0.25) is 0 Å². The van der Waals surface area contributed by atoms with Crippen molar-refractivity contribution in [3.63, 3.8) is 0 Å². The highest BCUT2D eigenvalue weighted by Crippen LogP contribution is 2.27. The second-order valence-corrected chi connectivity index (χ2v) is 2.90. The summed E-state index contributed by atoms with van der Waals surface area (Å²) in [4.78, 5) is 14.2. The molecule has 0 aliphatic carbocycles. The normalized spacial score (nSPS) is 11.0. The molecule has 0 spiro atoms. The van der Waals surface area contributed by atoms with E-state index in [0.717, 1.165) is 25.4 Å². The second kappa shape index (κ2) is 4.34. The maximum atomic E-state index is 12.2. The predicted molar refractivity (Wildman–Crippen MR) is 50.3 cm³/mol. The first-order chi connectivity index (χ1) is 7.36. The average Bonchev–Trinajstić information content (AvgIpc) is 2.26. The van der Waals surface area contributed by atoms with E-state index >= 15 is 0 Å². The fourth-order valence-electron chi connectivity index (χ4n) is 0.981. The highest BCUT2D eigenvalue weighted by Gasteiger charge is 2.32. The molecule has 0 fully saturated rings. The van der Waals surface area contributed by atoms with Crippen LogP contribution < -0.4 is 0 Å². The van der Waals surface area contributed by atoms with Gasteiger partial charge in [0.1, 0.15) is 5.69 Å². The van der Waals surface area contributed by atoms with Crippen molar-refractivity contribution < 1.29 is 22.7 Å². The zero-order valence-electron chi connectivity index (χ0n) is 8.34. The molecule has 0 unspecified atom stereocenters. The molecule has 1 aromatic rings. The number of nitrogens with zero attached hydrogens (tertiary/aromatic N) is 1. The van der Waals surface area contributed by atoms with E-state index in [1.165, 1.54) is 0 Å². The van der Waals surface area contributed by atoms with Crippen molar-refractivity contribution in [1.82, 2.24) is 4.98 Å². The molecule has 0 radical (unpaired) electrons. The number of pyridine rings is 1. The van der Waals surface area contributed by atoms with E-state index in [-0.39, 0.29) is 11.1 Å². The minimum Gasteiger partial charge on any atom is -0.465 e. The number of hydrogen-bond donors (Lipinski definition) is 0. The van der Waals surface area contributed by atoms with Gasteiger partial charge in [-0.25, -0.2) is 4.79 Å². The molecule has 16 heavy (non-hydrogen) atoms. The fraction of sp³-hybridized carbons (Fsp3) is 0.200. The lowest BCUT2D eigenvalue weighted by molar-refractivity contribution is -0.141. The summed E-state index contributed by atoms with van der Waals surface area (Å²) in [5.74, 6) is -0.707. The number of carbonyl (C=O) groups excluding carboxylic acids is 1. The summed E-state index contributed by atoms with van der Waals surface area (Å²) in [6, 6.07) is 1.90. The lowest BCUT2D eigenvalue weighted by Gasteiger charge is -2.07. The molecule has 0 saturated carbocycles. The molecular weight excluding hydrogens is 223 g/mol. The first kappa shape index (κ1) is 12.2.